The van der Waals surface area contributed by atoms with Crippen LogP contribution in [0.3, 0.4) is 0 Å². The number of methoxy groups -OCH3 is 1. The van der Waals surface area contributed by atoms with Gasteiger partial charge in [0, 0.05) is 11.6 Å². The summed E-state index contributed by atoms with van der Waals surface area (Å²) in [6, 6.07) is 3.10. The van der Waals surface area contributed by atoms with Crippen LogP contribution < -0.4 is 4.74 Å². The minimum absolute atomic E-state index is 0.0378. The first kappa shape index (κ1) is 17.6. The van der Waals surface area contributed by atoms with Gasteiger partial charge in [-0.05, 0) is 19.9 Å². The monoisotopic (exact) mass is 336 g/mol. The third-order valence-corrected chi connectivity index (χ3v) is 3.22. The van der Waals surface area contributed by atoms with Gasteiger partial charge in [-0.2, -0.15) is 0 Å². The van der Waals surface area contributed by atoms with Gasteiger partial charge in [-0.1, -0.05) is 0 Å². The van der Waals surface area contributed by atoms with E-state index in [-0.39, 0.29) is 30.2 Å². The molecular weight excluding hydrogens is 319 g/mol. The van der Waals surface area contributed by atoms with Gasteiger partial charge in [0.2, 0.25) is 5.88 Å². The smallest absolute Gasteiger partial charge is 0.325 e. The molecule has 24 heavy (non-hydrogen) atoms. The number of carbonyl (C=O) groups is 2. The van der Waals surface area contributed by atoms with Crippen molar-refractivity contribution in [3.05, 3.63) is 29.7 Å². The van der Waals surface area contributed by atoms with Crippen LogP contribution in [0.2, 0.25) is 0 Å². The zero-order valence-corrected chi connectivity index (χ0v) is 13.5. The SMILES string of the molecule is CCOC(=O)C(C(=O)OCC)c1c(F)cnc2ccc(OC)nc12. The van der Waals surface area contributed by atoms with Crippen molar-refractivity contribution >= 4 is 23.0 Å². The Morgan fingerprint density at radius 1 is 1.17 bits per heavy atom. The normalized spacial score (nSPS) is 10.7. The molecule has 0 aromatic carbocycles. The Balaban J connectivity index is 2.69. The fourth-order valence-corrected chi connectivity index (χ4v) is 2.22. The summed E-state index contributed by atoms with van der Waals surface area (Å²) in [7, 11) is 1.40. The maximum Gasteiger partial charge on any atom is 0.325 e. The average molecular weight is 336 g/mol. The standard InChI is InChI=1S/C16H17FN2O5/c1-4-23-15(20)13(16(21)24-5-2)12-9(17)8-18-10-6-7-11(22-3)19-14(10)12/h6-8,13H,4-5H2,1-3H3. The lowest BCUT2D eigenvalue weighted by Gasteiger charge is -2.16. The number of esters is 2. The van der Waals surface area contributed by atoms with Gasteiger partial charge < -0.3 is 14.2 Å². The Kier molecular flexibility index (Phi) is 5.62. The van der Waals surface area contributed by atoms with Crippen molar-refractivity contribution in [3.8, 4) is 5.88 Å². The number of pyridine rings is 2. The van der Waals surface area contributed by atoms with E-state index in [0.717, 1.165) is 6.20 Å². The van der Waals surface area contributed by atoms with Crippen LogP contribution in [0.15, 0.2) is 18.3 Å². The van der Waals surface area contributed by atoms with Crippen molar-refractivity contribution in [1.29, 1.82) is 0 Å². The van der Waals surface area contributed by atoms with E-state index in [1.54, 1.807) is 26.0 Å². The molecule has 0 spiro atoms. The summed E-state index contributed by atoms with van der Waals surface area (Å²) < 4.78 is 29.3. The molecule has 8 heteroatoms. The van der Waals surface area contributed by atoms with Crippen LogP contribution in [0.1, 0.15) is 25.3 Å². The van der Waals surface area contributed by atoms with Gasteiger partial charge in [0.15, 0.2) is 5.92 Å². The maximum atomic E-state index is 14.4. The van der Waals surface area contributed by atoms with Gasteiger partial charge >= 0.3 is 11.9 Å². The predicted molar refractivity (Wildman–Crippen MR) is 82.1 cm³/mol. The van der Waals surface area contributed by atoms with Gasteiger partial charge in [0.05, 0.1) is 32.0 Å². The second kappa shape index (κ2) is 7.67. The van der Waals surface area contributed by atoms with E-state index >= 15 is 0 Å². The first-order valence-corrected chi connectivity index (χ1v) is 7.35. The highest BCUT2D eigenvalue weighted by atomic mass is 19.1. The second-order valence-corrected chi connectivity index (χ2v) is 4.68. The molecule has 0 fully saturated rings. The summed E-state index contributed by atoms with van der Waals surface area (Å²) in [4.78, 5) is 32.5. The molecule has 0 aliphatic heterocycles. The van der Waals surface area contributed by atoms with E-state index in [1.807, 2.05) is 0 Å². The molecule has 0 unspecified atom stereocenters. The van der Waals surface area contributed by atoms with Crippen LogP contribution >= 0.6 is 0 Å². The molecule has 0 bridgehead atoms. The second-order valence-electron chi connectivity index (χ2n) is 4.68. The summed E-state index contributed by atoms with van der Waals surface area (Å²) in [5.74, 6) is -4.06. The van der Waals surface area contributed by atoms with Crippen molar-refractivity contribution in [1.82, 2.24) is 9.97 Å². The lowest BCUT2D eigenvalue weighted by molar-refractivity contribution is -0.157. The van der Waals surface area contributed by atoms with Gasteiger partial charge in [-0.3, -0.25) is 14.6 Å². The highest BCUT2D eigenvalue weighted by Crippen LogP contribution is 2.29. The van der Waals surface area contributed by atoms with E-state index in [0.29, 0.717) is 5.52 Å². The Bertz CT molecular complexity index is 747. The fraction of sp³-hybridized carbons (Fsp3) is 0.375. The van der Waals surface area contributed by atoms with Crippen LogP contribution in [0.4, 0.5) is 4.39 Å². The Morgan fingerprint density at radius 3 is 2.33 bits per heavy atom. The summed E-state index contributed by atoms with van der Waals surface area (Å²) >= 11 is 0. The molecule has 7 nitrogen and oxygen atoms in total. The van der Waals surface area contributed by atoms with Crippen LogP contribution in [0.5, 0.6) is 5.88 Å². The number of ether oxygens (including phenoxy) is 3. The summed E-state index contributed by atoms with van der Waals surface area (Å²) in [6.45, 7) is 3.25. The molecular formula is C16H17FN2O5. The molecule has 2 heterocycles. The highest BCUT2D eigenvalue weighted by Gasteiger charge is 2.36. The lowest BCUT2D eigenvalue weighted by atomic mass is 9.97. The number of aromatic nitrogens is 2. The Morgan fingerprint density at radius 2 is 1.79 bits per heavy atom. The van der Waals surface area contributed by atoms with Gasteiger partial charge in [-0.15, -0.1) is 0 Å². The Labute approximate surface area is 137 Å². The number of rotatable bonds is 6. The third kappa shape index (κ3) is 3.42. The molecule has 0 atom stereocenters. The van der Waals surface area contributed by atoms with E-state index in [4.69, 9.17) is 14.2 Å². The van der Waals surface area contributed by atoms with E-state index < -0.39 is 23.7 Å². The molecule has 2 rings (SSSR count). The summed E-state index contributed by atoms with van der Waals surface area (Å²) in [5.41, 5.74) is 0.113. The molecule has 0 aliphatic rings. The lowest BCUT2D eigenvalue weighted by Crippen LogP contribution is -2.27. The number of fused-ring (bicyclic) bond motifs is 1. The fourth-order valence-electron chi connectivity index (χ4n) is 2.22. The summed E-state index contributed by atoms with van der Waals surface area (Å²) in [5, 5.41) is 0. The van der Waals surface area contributed by atoms with Crippen molar-refractivity contribution < 1.29 is 28.2 Å². The predicted octanol–water partition coefficient (Wildman–Crippen LogP) is 1.99. The number of halogens is 1. The molecule has 0 saturated heterocycles. The molecule has 128 valence electrons. The molecule has 0 amide bonds. The Hall–Kier alpha value is -2.77. The van der Waals surface area contributed by atoms with Crippen molar-refractivity contribution in [2.45, 2.75) is 19.8 Å². The number of hydrogen-bond donors (Lipinski definition) is 0. The highest BCUT2D eigenvalue weighted by molar-refractivity contribution is 6.03. The van der Waals surface area contributed by atoms with Crippen molar-refractivity contribution in [2.75, 3.05) is 20.3 Å². The van der Waals surface area contributed by atoms with E-state index in [2.05, 4.69) is 9.97 Å². The van der Waals surface area contributed by atoms with Crippen LogP contribution in [0, 0.1) is 5.82 Å². The molecule has 0 N–H and O–H groups in total. The zero-order chi connectivity index (χ0) is 17.7. The maximum absolute atomic E-state index is 14.4. The van der Waals surface area contributed by atoms with Crippen molar-refractivity contribution in [2.24, 2.45) is 0 Å². The minimum atomic E-state index is -1.59. The average Bonchev–Trinajstić information content (AvgIpc) is 2.57. The summed E-state index contributed by atoms with van der Waals surface area (Å²) in [6.07, 6.45) is 0.928. The number of hydrogen-bond acceptors (Lipinski definition) is 7. The molecule has 2 aromatic rings. The van der Waals surface area contributed by atoms with Gasteiger partial charge in [0.1, 0.15) is 11.3 Å². The van der Waals surface area contributed by atoms with E-state index in [9.17, 15) is 14.0 Å². The molecule has 0 aliphatic carbocycles. The van der Waals surface area contributed by atoms with Gasteiger partial charge in [-0.25, -0.2) is 9.37 Å². The number of carbonyl (C=O) groups excluding carboxylic acids is 2. The zero-order valence-electron chi connectivity index (χ0n) is 13.5. The molecule has 2 aromatic heterocycles. The largest absolute Gasteiger partial charge is 0.481 e. The minimum Gasteiger partial charge on any atom is -0.481 e. The topological polar surface area (TPSA) is 87.6 Å². The van der Waals surface area contributed by atoms with Crippen LogP contribution in [-0.4, -0.2) is 42.2 Å². The third-order valence-electron chi connectivity index (χ3n) is 3.22. The quantitative estimate of drug-likeness (QED) is 0.589. The van der Waals surface area contributed by atoms with Gasteiger partial charge in [0.25, 0.3) is 0 Å². The van der Waals surface area contributed by atoms with Crippen molar-refractivity contribution in [3.63, 3.8) is 0 Å². The van der Waals surface area contributed by atoms with E-state index in [1.165, 1.54) is 7.11 Å². The number of nitrogens with zero attached hydrogens (tertiary/aromatic N) is 2. The first-order chi connectivity index (χ1) is 11.5. The first-order valence-electron chi connectivity index (χ1n) is 7.35. The molecule has 0 saturated carbocycles. The van der Waals surface area contributed by atoms with Crippen LogP contribution in [-0.2, 0) is 19.1 Å². The van der Waals surface area contributed by atoms with Crippen LogP contribution in [0.25, 0.3) is 11.0 Å². The molecule has 0 radical (unpaired) electrons.